The van der Waals surface area contributed by atoms with Gasteiger partial charge in [0.25, 0.3) is 21.8 Å². The van der Waals surface area contributed by atoms with Gasteiger partial charge in [0.1, 0.15) is 5.75 Å². The number of carbonyl (C=O) groups excluding carboxylic acids is 2. The van der Waals surface area contributed by atoms with Gasteiger partial charge in [0.2, 0.25) is 0 Å². The Morgan fingerprint density at radius 2 is 1.60 bits per heavy atom. The lowest BCUT2D eigenvalue weighted by atomic mass is 9.95. The lowest BCUT2D eigenvalue weighted by molar-refractivity contribution is 0.0946. The highest BCUT2D eigenvalue weighted by atomic mass is 32.2. The first kappa shape index (κ1) is 28.8. The van der Waals surface area contributed by atoms with Crippen LogP contribution in [0.3, 0.4) is 0 Å². The van der Waals surface area contributed by atoms with Crippen LogP contribution >= 0.6 is 0 Å². The molecule has 4 aromatic rings. The third-order valence-electron chi connectivity index (χ3n) is 7.08. The molecule has 0 saturated heterocycles. The molecule has 1 atom stereocenters. The normalized spacial score (nSPS) is 12.1. The number of hydrogen-bond donors (Lipinski definition) is 2. The molecule has 1 unspecified atom stereocenters. The Bertz CT molecular complexity index is 1660. The van der Waals surface area contributed by atoms with E-state index in [-0.39, 0.29) is 16.4 Å². The third kappa shape index (κ3) is 6.51. The molecule has 208 valence electrons. The fourth-order valence-corrected chi connectivity index (χ4v) is 5.70. The Labute approximate surface area is 235 Å². The van der Waals surface area contributed by atoms with Gasteiger partial charge in [-0.25, -0.2) is 13.1 Å². The number of amides is 2. The number of fused-ring (bicyclic) bond motifs is 1. The first-order valence-electron chi connectivity index (χ1n) is 13.2. The molecule has 8 heteroatoms. The van der Waals surface area contributed by atoms with E-state index < -0.39 is 15.9 Å². The van der Waals surface area contributed by atoms with Crippen molar-refractivity contribution < 1.29 is 22.7 Å². The molecule has 0 aromatic heterocycles. The maximum Gasteiger partial charge on any atom is 0.265 e. The number of methoxy groups -OCH3 is 1. The molecule has 0 aliphatic carbocycles. The van der Waals surface area contributed by atoms with Gasteiger partial charge in [-0.05, 0) is 70.6 Å². The van der Waals surface area contributed by atoms with E-state index in [4.69, 9.17) is 4.74 Å². The SMILES string of the molecule is CCC(C)CNC(=O)c1ccc2cccc(Cc3ccc(C(=O)NS(=O)(=O)c4ccccc4C)cc3OC)c2c1. The topological polar surface area (TPSA) is 102 Å². The molecule has 0 heterocycles. The monoisotopic (exact) mass is 558 g/mol. The second-order valence-corrected chi connectivity index (χ2v) is 11.6. The molecule has 4 aromatic carbocycles. The predicted molar refractivity (Wildman–Crippen MR) is 157 cm³/mol. The zero-order valence-corrected chi connectivity index (χ0v) is 24.0. The van der Waals surface area contributed by atoms with Gasteiger partial charge in [-0.3, -0.25) is 9.59 Å². The molecule has 2 amide bonds. The second-order valence-electron chi connectivity index (χ2n) is 9.98. The highest BCUT2D eigenvalue weighted by molar-refractivity contribution is 7.90. The number of nitrogens with one attached hydrogen (secondary N) is 2. The van der Waals surface area contributed by atoms with E-state index in [2.05, 4.69) is 23.9 Å². The summed E-state index contributed by atoms with van der Waals surface area (Å²) >= 11 is 0. The molecule has 0 radical (unpaired) electrons. The number of carbonyl (C=O) groups is 2. The molecule has 40 heavy (non-hydrogen) atoms. The van der Waals surface area contributed by atoms with E-state index in [1.165, 1.54) is 19.2 Å². The molecule has 0 spiro atoms. The molecule has 0 aliphatic heterocycles. The van der Waals surface area contributed by atoms with E-state index in [1.54, 1.807) is 37.3 Å². The first-order chi connectivity index (χ1) is 19.1. The van der Waals surface area contributed by atoms with Crippen molar-refractivity contribution in [3.63, 3.8) is 0 Å². The summed E-state index contributed by atoms with van der Waals surface area (Å²) in [5.74, 6) is 0.0114. The van der Waals surface area contributed by atoms with Crippen LogP contribution in [0.2, 0.25) is 0 Å². The minimum atomic E-state index is -4.04. The largest absolute Gasteiger partial charge is 0.496 e. The predicted octanol–water partition coefficient (Wildman–Crippen LogP) is 5.64. The zero-order valence-electron chi connectivity index (χ0n) is 23.2. The van der Waals surface area contributed by atoms with Crippen LogP contribution in [-0.2, 0) is 16.4 Å². The lowest BCUT2D eigenvalue weighted by Gasteiger charge is -2.14. The van der Waals surface area contributed by atoms with Crippen LogP contribution in [0.5, 0.6) is 5.75 Å². The number of ether oxygens (including phenoxy) is 1. The molecule has 0 aliphatic rings. The fraction of sp³-hybridized carbons (Fsp3) is 0.250. The molecule has 0 bridgehead atoms. The minimum absolute atomic E-state index is 0.0517. The highest BCUT2D eigenvalue weighted by Crippen LogP contribution is 2.28. The maximum atomic E-state index is 12.9. The molecule has 0 fully saturated rings. The highest BCUT2D eigenvalue weighted by Gasteiger charge is 2.21. The summed E-state index contributed by atoms with van der Waals surface area (Å²) in [6.45, 7) is 6.49. The van der Waals surface area contributed by atoms with Crippen LogP contribution in [0.25, 0.3) is 10.8 Å². The van der Waals surface area contributed by atoms with Gasteiger partial charge < -0.3 is 10.1 Å². The van der Waals surface area contributed by atoms with E-state index in [0.717, 1.165) is 28.3 Å². The molecule has 7 nitrogen and oxygen atoms in total. The number of aryl methyl sites for hydroxylation is 1. The fourth-order valence-electron chi connectivity index (χ4n) is 4.48. The average Bonchev–Trinajstić information content (AvgIpc) is 2.95. The van der Waals surface area contributed by atoms with E-state index in [1.807, 2.05) is 36.4 Å². The van der Waals surface area contributed by atoms with Gasteiger partial charge in [-0.15, -0.1) is 0 Å². The van der Waals surface area contributed by atoms with Crippen molar-refractivity contribution in [3.8, 4) is 5.75 Å². The average molecular weight is 559 g/mol. The van der Waals surface area contributed by atoms with Gasteiger partial charge in [0.05, 0.1) is 12.0 Å². The number of rotatable bonds is 10. The number of sulfonamides is 1. The summed E-state index contributed by atoms with van der Waals surface area (Å²) in [4.78, 5) is 25.7. The lowest BCUT2D eigenvalue weighted by Crippen LogP contribution is -2.31. The van der Waals surface area contributed by atoms with E-state index in [0.29, 0.717) is 35.8 Å². The van der Waals surface area contributed by atoms with Crippen molar-refractivity contribution in [2.45, 2.75) is 38.5 Å². The van der Waals surface area contributed by atoms with Crippen molar-refractivity contribution in [1.82, 2.24) is 10.0 Å². The zero-order chi connectivity index (χ0) is 28.9. The number of hydrogen-bond acceptors (Lipinski definition) is 5. The van der Waals surface area contributed by atoms with Gasteiger partial charge in [0, 0.05) is 24.1 Å². The first-order valence-corrected chi connectivity index (χ1v) is 14.7. The second kappa shape index (κ2) is 12.3. The summed E-state index contributed by atoms with van der Waals surface area (Å²) in [6, 6.07) is 23.0. The third-order valence-corrected chi connectivity index (χ3v) is 8.57. The summed E-state index contributed by atoms with van der Waals surface area (Å²) < 4.78 is 33.3. The summed E-state index contributed by atoms with van der Waals surface area (Å²) in [5.41, 5.74) is 3.11. The molecular formula is C32H34N2O5S. The maximum absolute atomic E-state index is 12.9. The van der Waals surface area contributed by atoms with Crippen LogP contribution in [0.15, 0.2) is 83.8 Å². The Morgan fingerprint density at radius 1 is 0.875 bits per heavy atom. The smallest absolute Gasteiger partial charge is 0.265 e. The quantitative estimate of drug-likeness (QED) is 0.262. The van der Waals surface area contributed by atoms with Gasteiger partial charge in [-0.2, -0.15) is 0 Å². The summed E-state index contributed by atoms with van der Waals surface area (Å²) in [6.07, 6.45) is 1.48. The summed E-state index contributed by atoms with van der Waals surface area (Å²) in [5, 5.41) is 4.97. The molecule has 0 saturated carbocycles. The van der Waals surface area contributed by atoms with Gasteiger partial charge >= 0.3 is 0 Å². The molecular weight excluding hydrogens is 524 g/mol. The van der Waals surface area contributed by atoms with E-state index in [9.17, 15) is 18.0 Å². The summed E-state index contributed by atoms with van der Waals surface area (Å²) in [7, 11) is -2.53. The van der Waals surface area contributed by atoms with Crippen molar-refractivity contribution in [3.05, 3.63) is 107 Å². The Hall–Kier alpha value is -4.17. The Balaban J connectivity index is 1.58. The van der Waals surface area contributed by atoms with Crippen LogP contribution < -0.4 is 14.8 Å². The minimum Gasteiger partial charge on any atom is -0.496 e. The van der Waals surface area contributed by atoms with Crippen molar-refractivity contribution in [2.75, 3.05) is 13.7 Å². The number of benzene rings is 4. The Kier molecular flexibility index (Phi) is 8.90. The van der Waals surface area contributed by atoms with E-state index >= 15 is 0 Å². The van der Waals surface area contributed by atoms with Crippen LogP contribution in [0.1, 0.15) is 57.7 Å². The van der Waals surface area contributed by atoms with Gasteiger partial charge in [-0.1, -0.05) is 68.8 Å². The van der Waals surface area contributed by atoms with Crippen molar-refractivity contribution in [1.29, 1.82) is 0 Å². The molecule has 4 rings (SSSR count). The Morgan fingerprint density at radius 3 is 2.33 bits per heavy atom. The van der Waals surface area contributed by atoms with Crippen molar-refractivity contribution >= 4 is 32.6 Å². The molecule has 2 N–H and O–H groups in total. The van der Waals surface area contributed by atoms with Gasteiger partial charge in [0.15, 0.2) is 0 Å². The van der Waals surface area contributed by atoms with Crippen LogP contribution in [0, 0.1) is 12.8 Å². The van der Waals surface area contributed by atoms with Crippen molar-refractivity contribution in [2.24, 2.45) is 5.92 Å². The van der Waals surface area contributed by atoms with Crippen LogP contribution in [-0.4, -0.2) is 33.9 Å². The standard InChI is InChI=1S/C32H34N2O5S/c1-5-21(2)20-33-31(35)26-15-13-23-10-8-11-24(28(23)18-26)17-25-14-16-27(19-29(25)39-4)32(36)34-40(37,38)30-12-7-6-9-22(30)3/h6-16,18-19,21H,5,17,20H2,1-4H3,(H,33,35)(H,34,36). The van der Waals surface area contributed by atoms with Crippen LogP contribution in [0.4, 0.5) is 0 Å².